The molecule has 1 fully saturated rings. The van der Waals surface area contributed by atoms with Gasteiger partial charge in [0.2, 0.25) is 0 Å². The predicted octanol–water partition coefficient (Wildman–Crippen LogP) is 4.55. The molecule has 1 aromatic carbocycles. The molecule has 0 bridgehead atoms. The second-order valence-corrected chi connectivity index (χ2v) is 7.37. The molecule has 0 heterocycles. The van der Waals surface area contributed by atoms with Gasteiger partial charge in [0.25, 0.3) is 0 Å². The third-order valence-corrected chi connectivity index (χ3v) is 5.51. The first-order valence-electron chi connectivity index (χ1n) is 8.23. The van der Waals surface area contributed by atoms with Crippen molar-refractivity contribution < 1.29 is 4.74 Å². The van der Waals surface area contributed by atoms with E-state index in [9.17, 15) is 0 Å². The molecule has 1 aromatic rings. The molecule has 3 heteroatoms. The molecule has 118 valence electrons. The molecule has 1 unspecified atom stereocenters. The fourth-order valence-electron chi connectivity index (χ4n) is 3.57. The highest BCUT2D eigenvalue weighted by Crippen LogP contribution is 2.34. The van der Waals surface area contributed by atoms with Crippen LogP contribution in [0.15, 0.2) is 24.3 Å². The Hall–Kier alpha value is -0.130. The van der Waals surface area contributed by atoms with Gasteiger partial charge in [-0.2, -0.15) is 0 Å². The zero-order valence-corrected chi connectivity index (χ0v) is 15.5. The Bertz CT molecular complexity index is 410. The van der Waals surface area contributed by atoms with Crippen molar-refractivity contribution in [2.24, 2.45) is 0 Å². The van der Waals surface area contributed by atoms with Gasteiger partial charge in [-0.3, -0.25) is 0 Å². The first kappa shape index (κ1) is 17.2. The predicted molar refractivity (Wildman–Crippen MR) is 97.8 cm³/mol. The summed E-state index contributed by atoms with van der Waals surface area (Å²) >= 11 is 2.37. The van der Waals surface area contributed by atoms with Crippen LogP contribution in [0.1, 0.15) is 51.0 Å². The summed E-state index contributed by atoms with van der Waals surface area (Å²) in [5.41, 5.74) is 1.41. The van der Waals surface area contributed by atoms with Crippen LogP contribution in [0, 0.1) is 3.57 Å². The summed E-state index contributed by atoms with van der Waals surface area (Å²) in [6.07, 6.45) is 8.72. The molecule has 21 heavy (non-hydrogen) atoms. The number of benzene rings is 1. The van der Waals surface area contributed by atoms with E-state index >= 15 is 0 Å². The first-order chi connectivity index (χ1) is 10.2. The van der Waals surface area contributed by atoms with E-state index in [0.717, 1.165) is 13.0 Å². The molecule has 1 N–H and O–H groups in total. The Morgan fingerprint density at radius 3 is 2.29 bits per heavy atom. The summed E-state index contributed by atoms with van der Waals surface area (Å²) < 4.78 is 7.40. The summed E-state index contributed by atoms with van der Waals surface area (Å²) in [5, 5.41) is 3.71. The summed E-state index contributed by atoms with van der Waals surface area (Å²) in [7, 11) is 1.91. The van der Waals surface area contributed by atoms with Gasteiger partial charge in [-0.05, 0) is 66.1 Å². The zero-order chi connectivity index (χ0) is 15.1. The molecule has 2 nitrogen and oxygen atoms in total. The van der Waals surface area contributed by atoms with Crippen LogP contribution >= 0.6 is 22.6 Å². The largest absolute Gasteiger partial charge is 0.377 e. The van der Waals surface area contributed by atoms with Gasteiger partial charge in [-0.25, -0.2) is 0 Å². The van der Waals surface area contributed by atoms with Crippen LogP contribution in [0.2, 0.25) is 0 Å². The van der Waals surface area contributed by atoms with Gasteiger partial charge in [0.05, 0.1) is 5.60 Å². The van der Waals surface area contributed by atoms with Crippen LogP contribution in [0.5, 0.6) is 0 Å². The van der Waals surface area contributed by atoms with Gasteiger partial charge in [-0.15, -0.1) is 0 Å². The monoisotopic (exact) mass is 401 g/mol. The number of methoxy groups -OCH3 is 1. The highest BCUT2D eigenvalue weighted by molar-refractivity contribution is 14.1. The SMILES string of the molecule is CCNC(Cc1ccc(I)cc1)C1(OC)CCCCCC1. The minimum Gasteiger partial charge on any atom is -0.377 e. The smallest absolute Gasteiger partial charge is 0.0834 e. The maximum atomic E-state index is 6.11. The third kappa shape index (κ3) is 4.67. The number of rotatable bonds is 6. The molecule has 1 aliphatic carbocycles. The van der Waals surface area contributed by atoms with E-state index in [1.165, 1.54) is 47.7 Å². The number of ether oxygens (including phenoxy) is 1. The Kier molecular flexibility index (Phi) is 6.96. The van der Waals surface area contributed by atoms with Crippen LogP contribution in [-0.4, -0.2) is 25.3 Å². The van der Waals surface area contributed by atoms with E-state index < -0.39 is 0 Å². The molecule has 1 aliphatic rings. The molecular weight excluding hydrogens is 373 g/mol. The van der Waals surface area contributed by atoms with E-state index in [1.807, 2.05) is 7.11 Å². The highest BCUT2D eigenvalue weighted by Gasteiger charge is 2.38. The van der Waals surface area contributed by atoms with Crippen LogP contribution < -0.4 is 5.32 Å². The standard InChI is InChI=1S/C18H28INO/c1-3-20-17(14-15-8-10-16(19)11-9-15)18(21-2)12-6-4-5-7-13-18/h8-11,17,20H,3-7,12-14H2,1-2H3. The molecular formula is C18H28INO. The normalized spacial score (nSPS) is 20.0. The highest BCUT2D eigenvalue weighted by atomic mass is 127. The molecule has 0 saturated heterocycles. The van der Waals surface area contributed by atoms with Crippen molar-refractivity contribution in [3.8, 4) is 0 Å². The number of hydrogen-bond donors (Lipinski definition) is 1. The van der Waals surface area contributed by atoms with Crippen molar-refractivity contribution in [2.75, 3.05) is 13.7 Å². The van der Waals surface area contributed by atoms with Crippen LogP contribution in [0.3, 0.4) is 0 Å². The van der Waals surface area contributed by atoms with E-state index in [4.69, 9.17) is 4.74 Å². The summed E-state index contributed by atoms with van der Waals surface area (Å²) in [6.45, 7) is 3.20. The lowest BCUT2D eigenvalue weighted by atomic mass is 9.82. The van der Waals surface area contributed by atoms with Crippen LogP contribution in [-0.2, 0) is 11.2 Å². The molecule has 0 aliphatic heterocycles. The molecule has 2 rings (SSSR count). The molecule has 0 aromatic heterocycles. The summed E-state index contributed by atoms with van der Waals surface area (Å²) in [6, 6.07) is 9.32. The van der Waals surface area contributed by atoms with Crippen molar-refractivity contribution >= 4 is 22.6 Å². The van der Waals surface area contributed by atoms with Crippen molar-refractivity contribution in [3.63, 3.8) is 0 Å². The van der Waals surface area contributed by atoms with Crippen LogP contribution in [0.4, 0.5) is 0 Å². The Morgan fingerprint density at radius 1 is 1.14 bits per heavy atom. The summed E-state index contributed by atoms with van der Waals surface area (Å²) in [4.78, 5) is 0. The van der Waals surface area contributed by atoms with Crippen molar-refractivity contribution in [1.29, 1.82) is 0 Å². The fraction of sp³-hybridized carbons (Fsp3) is 0.667. The second-order valence-electron chi connectivity index (χ2n) is 6.12. The van der Waals surface area contributed by atoms with E-state index in [2.05, 4.69) is 59.1 Å². The first-order valence-corrected chi connectivity index (χ1v) is 9.31. The maximum Gasteiger partial charge on any atom is 0.0834 e. The molecule has 1 saturated carbocycles. The van der Waals surface area contributed by atoms with Gasteiger partial charge in [0.15, 0.2) is 0 Å². The fourth-order valence-corrected chi connectivity index (χ4v) is 3.93. The number of halogens is 1. The van der Waals surface area contributed by atoms with Gasteiger partial charge < -0.3 is 10.1 Å². The topological polar surface area (TPSA) is 21.3 Å². The van der Waals surface area contributed by atoms with E-state index in [1.54, 1.807) is 0 Å². The molecule has 1 atom stereocenters. The van der Waals surface area contributed by atoms with Crippen LogP contribution in [0.25, 0.3) is 0 Å². The lowest BCUT2D eigenvalue weighted by Gasteiger charge is -2.40. The summed E-state index contributed by atoms with van der Waals surface area (Å²) in [5.74, 6) is 0. The van der Waals surface area contributed by atoms with E-state index in [-0.39, 0.29) is 5.60 Å². The third-order valence-electron chi connectivity index (χ3n) is 4.80. The molecule has 0 spiro atoms. The Labute approximate surface area is 143 Å². The Morgan fingerprint density at radius 2 is 1.76 bits per heavy atom. The lowest BCUT2D eigenvalue weighted by Crippen LogP contribution is -2.53. The average Bonchev–Trinajstić information content (AvgIpc) is 2.75. The second kappa shape index (κ2) is 8.49. The zero-order valence-electron chi connectivity index (χ0n) is 13.3. The van der Waals surface area contributed by atoms with Crippen molar-refractivity contribution in [2.45, 2.75) is 63.5 Å². The molecule has 0 radical (unpaired) electrons. The minimum absolute atomic E-state index is 0.00943. The number of likely N-dealkylation sites (N-methyl/N-ethyl adjacent to an activating group) is 1. The minimum atomic E-state index is 0.00943. The van der Waals surface area contributed by atoms with E-state index in [0.29, 0.717) is 6.04 Å². The average molecular weight is 401 g/mol. The van der Waals surface area contributed by atoms with Gasteiger partial charge in [0, 0.05) is 16.7 Å². The van der Waals surface area contributed by atoms with Crippen molar-refractivity contribution in [3.05, 3.63) is 33.4 Å². The number of nitrogens with one attached hydrogen (secondary N) is 1. The van der Waals surface area contributed by atoms with Gasteiger partial charge in [-0.1, -0.05) is 44.7 Å². The van der Waals surface area contributed by atoms with Gasteiger partial charge in [0.1, 0.15) is 0 Å². The maximum absolute atomic E-state index is 6.11. The quantitative estimate of drug-likeness (QED) is 0.558. The van der Waals surface area contributed by atoms with Gasteiger partial charge >= 0.3 is 0 Å². The van der Waals surface area contributed by atoms with Crippen molar-refractivity contribution in [1.82, 2.24) is 5.32 Å². The molecule has 0 amide bonds. The Balaban J connectivity index is 2.16. The lowest BCUT2D eigenvalue weighted by molar-refractivity contribution is -0.0523. The number of hydrogen-bond acceptors (Lipinski definition) is 2.